The van der Waals surface area contributed by atoms with Gasteiger partial charge in [-0.3, -0.25) is 4.79 Å². The lowest BCUT2D eigenvalue weighted by Gasteiger charge is -2.05. The molecule has 8 nitrogen and oxygen atoms in total. The van der Waals surface area contributed by atoms with E-state index in [1.807, 2.05) is 0 Å². The number of esters is 1. The number of benzene rings is 1. The van der Waals surface area contributed by atoms with Crippen LogP contribution in [0.1, 0.15) is 6.92 Å². The molecule has 0 aliphatic heterocycles. The number of sulfone groups is 1. The highest BCUT2D eigenvalue weighted by Crippen LogP contribution is 2.27. The van der Waals surface area contributed by atoms with Crippen LogP contribution >= 0.6 is 34.3 Å². The number of halogens is 1. The molecule has 2 aromatic heterocycles. The summed E-state index contributed by atoms with van der Waals surface area (Å²) in [5.41, 5.74) is 0.466. The van der Waals surface area contributed by atoms with E-state index in [2.05, 4.69) is 4.40 Å². The molecule has 156 valence electrons. The van der Waals surface area contributed by atoms with Crippen LogP contribution in [0.5, 0.6) is 0 Å². The van der Waals surface area contributed by atoms with Gasteiger partial charge in [0.25, 0.3) is 10.0 Å². The Balaban J connectivity index is 2.24. The minimum atomic E-state index is -4.07. The van der Waals surface area contributed by atoms with Gasteiger partial charge in [-0.05, 0) is 37.3 Å². The Hall–Kier alpha value is -1.73. The minimum Gasteiger partial charge on any atom is -0.465 e. The lowest BCUT2D eigenvalue weighted by Crippen LogP contribution is -2.23. The van der Waals surface area contributed by atoms with Crippen molar-refractivity contribution in [3.63, 3.8) is 0 Å². The van der Waals surface area contributed by atoms with E-state index in [0.29, 0.717) is 14.6 Å². The van der Waals surface area contributed by atoms with E-state index >= 15 is 0 Å². The lowest BCUT2D eigenvalue weighted by molar-refractivity contribution is -0.143. The molecule has 0 aliphatic carbocycles. The van der Waals surface area contributed by atoms with Gasteiger partial charge < -0.3 is 9.30 Å². The number of ether oxygens (including phenoxy) is 1. The summed E-state index contributed by atoms with van der Waals surface area (Å²) in [7, 11) is -7.53. The number of rotatable bonds is 6. The molecule has 0 unspecified atom stereocenters. The number of sulfonamides is 1. The minimum absolute atomic E-state index is 0.0169. The smallest absolute Gasteiger partial charge is 0.326 e. The van der Waals surface area contributed by atoms with Crippen LogP contribution in [-0.2, 0) is 35.9 Å². The Labute approximate surface area is 180 Å². The molecule has 0 spiro atoms. The number of hydrogen-bond donors (Lipinski definition) is 0. The summed E-state index contributed by atoms with van der Waals surface area (Å²) in [6.07, 6.45) is 1.07. The third-order valence-corrected chi connectivity index (χ3v) is 8.91. The Morgan fingerprint density at radius 3 is 2.48 bits per heavy atom. The largest absolute Gasteiger partial charge is 0.465 e. The third-order valence-electron chi connectivity index (χ3n) is 3.68. The molecule has 0 amide bonds. The van der Waals surface area contributed by atoms with Crippen LogP contribution in [0.4, 0.5) is 0 Å². The summed E-state index contributed by atoms with van der Waals surface area (Å²) < 4.78 is 59.9. The van der Waals surface area contributed by atoms with Gasteiger partial charge in [0.1, 0.15) is 10.8 Å². The highest BCUT2D eigenvalue weighted by atomic mass is 35.5. The van der Waals surface area contributed by atoms with Crippen LogP contribution in [0.15, 0.2) is 43.8 Å². The zero-order valence-electron chi connectivity index (χ0n) is 15.2. The SMILES string of the molecule is CCOC(=O)Cn1/c(=N/S(=O)(=O)c2ccc(Cl)s2)sc2cc(S(C)(=O)=O)ccc21. The van der Waals surface area contributed by atoms with Crippen molar-refractivity contribution < 1.29 is 26.4 Å². The van der Waals surface area contributed by atoms with Crippen LogP contribution < -0.4 is 4.80 Å². The van der Waals surface area contributed by atoms with Crippen molar-refractivity contribution in [1.29, 1.82) is 0 Å². The summed E-state index contributed by atoms with van der Waals surface area (Å²) in [4.78, 5) is 12.1. The van der Waals surface area contributed by atoms with E-state index in [0.717, 1.165) is 28.9 Å². The molecule has 0 bridgehead atoms. The molecule has 0 saturated carbocycles. The summed E-state index contributed by atoms with van der Waals surface area (Å²) in [6.45, 7) is 1.55. The fraction of sp³-hybridized carbons (Fsp3) is 0.250. The molecule has 0 saturated heterocycles. The first-order valence-electron chi connectivity index (χ1n) is 8.06. The molecule has 0 atom stereocenters. The maximum absolute atomic E-state index is 12.6. The van der Waals surface area contributed by atoms with Gasteiger partial charge in [-0.15, -0.1) is 15.7 Å². The fourth-order valence-electron chi connectivity index (χ4n) is 2.43. The van der Waals surface area contributed by atoms with Crippen molar-refractivity contribution in [2.45, 2.75) is 22.6 Å². The third kappa shape index (κ3) is 4.89. The molecule has 3 aromatic rings. The average molecular weight is 495 g/mol. The van der Waals surface area contributed by atoms with Crippen molar-refractivity contribution in [1.82, 2.24) is 4.57 Å². The molecule has 2 heterocycles. The van der Waals surface area contributed by atoms with Gasteiger partial charge in [0, 0.05) is 6.26 Å². The summed E-state index contributed by atoms with van der Waals surface area (Å²) in [6, 6.07) is 7.12. The number of carbonyl (C=O) groups is 1. The van der Waals surface area contributed by atoms with Gasteiger partial charge in [0.05, 0.1) is 26.1 Å². The Bertz CT molecular complexity index is 1370. The van der Waals surface area contributed by atoms with Crippen molar-refractivity contribution in [3.05, 3.63) is 39.5 Å². The first-order valence-corrected chi connectivity index (χ1v) is 13.4. The van der Waals surface area contributed by atoms with Crippen LogP contribution in [0, 0.1) is 0 Å². The molecule has 29 heavy (non-hydrogen) atoms. The number of thiazole rings is 1. The topological polar surface area (TPSA) is 112 Å². The van der Waals surface area contributed by atoms with Crippen LogP contribution in [0.25, 0.3) is 10.2 Å². The van der Waals surface area contributed by atoms with Crippen LogP contribution in [0.3, 0.4) is 0 Å². The summed E-state index contributed by atoms with van der Waals surface area (Å²) in [5, 5.41) is 0. The molecule has 0 fully saturated rings. The molecule has 0 N–H and O–H groups in total. The van der Waals surface area contributed by atoms with Gasteiger partial charge in [-0.2, -0.15) is 8.42 Å². The van der Waals surface area contributed by atoms with Crippen molar-refractivity contribution in [2.75, 3.05) is 12.9 Å². The first kappa shape index (κ1) is 22.0. The van der Waals surface area contributed by atoms with Gasteiger partial charge in [-0.25, -0.2) is 8.42 Å². The maximum atomic E-state index is 12.6. The molecule has 3 rings (SSSR count). The zero-order chi connectivity index (χ0) is 21.4. The monoisotopic (exact) mass is 494 g/mol. The quantitative estimate of drug-likeness (QED) is 0.487. The normalized spacial score (nSPS) is 13.1. The fourth-order valence-corrected chi connectivity index (χ4v) is 6.88. The Morgan fingerprint density at radius 2 is 1.90 bits per heavy atom. The number of thiophene rings is 1. The van der Waals surface area contributed by atoms with Gasteiger partial charge >= 0.3 is 5.97 Å². The summed E-state index contributed by atoms with van der Waals surface area (Å²) >= 11 is 7.64. The van der Waals surface area contributed by atoms with Gasteiger partial charge in [0.15, 0.2) is 9.84 Å². The van der Waals surface area contributed by atoms with Gasteiger partial charge in [-0.1, -0.05) is 22.9 Å². The Morgan fingerprint density at radius 1 is 1.17 bits per heavy atom. The zero-order valence-corrected chi connectivity index (χ0v) is 19.2. The number of nitrogens with zero attached hydrogens (tertiary/aromatic N) is 2. The van der Waals surface area contributed by atoms with E-state index in [4.69, 9.17) is 16.3 Å². The molecule has 13 heteroatoms. The average Bonchev–Trinajstić information content (AvgIpc) is 3.18. The predicted molar refractivity (Wildman–Crippen MR) is 112 cm³/mol. The lowest BCUT2D eigenvalue weighted by atomic mass is 10.3. The number of hydrogen-bond acceptors (Lipinski definition) is 8. The van der Waals surface area contributed by atoms with Crippen molar-refractivity contribution >= 4 is 70.3 Å². The van der Waals surface area contributed by atoms with E-state index < -0.39 is 25.8 Å². The highest BCUT2D eigenvalue weighted by molar-refractivity contribution is 7.92. The van der Waals surface area contributed by atoms with Gasteiger partial charge in [0.2, 0.25) is 4.80 Å². The molecular weight excluding hydrogens is 480 g/mol. The number of carbonyl (C=O) groups excluding carboxylic acids is 1. The van der Waals surface area contributed by atoms with E-state index in [9.17, 15) is 21.6 Å². The van der Waals surface area contributed by atoms with E-state index in [1.165, 1.54) is 34.9 Å². The van der Waals surface area contributed by atoms with Crippen molar-refractivity contribution in [2.24, 2.45) is 4.40 Å². The molecule has 0 aliphatic rings. The second-order valence-electron chi connectivity index (χ2n) is 5.80. The number of fused-ring (bicyclic) bond motifs is 1. The highest BCUT2D eigenvalue weighted by Gasteiger charge is 2.19. The predicted octanol–water partition coefficient (Wildman–Crippen LogP) is 2.67. The van der Waals surface area contributed by atoms with Crippen LogP contribution in [0.2, 0.25) is 4.34 Å². The van der Waals surface area contributed by atoms with E-state index in [-0.39, 0.29) is 27.1 Å². The first-order chi connectivity index (χ1) is 13.5. The standard InChI is InChI=1S/C16H15ClN2O6S4/c1-3-25-14(20)9-19-11-5-4-10(28(2,21)22)8-12(11)26-16(19)18-29(23,24)15-7-6-13(17)27-15/h4-8H,3,9H2,1-2H3/b18-16-. The van der Waals surface area contributed by atoms with Crippen LogP contribution in [-0.4, -0.2) is 40.2 Å². The molecule has 0 radical (unpaired) electrons. The Kier molecular flexibility index (Phi) is 6.20. The van der Waals surface area contributed by atoms with E-state index in [1.54, 1.807) is 6.92 Å². The van der Waals surface area contributed by atoms with Crippen molar-refractivity contribution in [3.8, 4) is 0 Å². The second kappa shape index (κ2) is 8.19. The molecule has 1 aromatic carbocycles. The second-order valence-corrected chi connectivity index (χ2v) is 12.4. The summed E-state index contributed by atoms with van der Waals surface area (Å²) in [5.74, 6) is -0.572. The maximum Gasteiger partial charge on any atom is 0.326 e. The number of aromatic nitrogens is 1. The molecular formula is C16H15ClN2O6S4.